The maximum Gasteiger partial charge on any atom is 0.416 e. The molecule has 1 saturated heterocycles. The normalized spacial score (nSPS) is 16.8. The highest BCUT2D eigenvalue weighted by atomic mass is 19.4. The maximum atomic E-state index is 12.7. The lowest BCUT2D eigenvalue weighted by atomic mass is 9.86. The number of hydrogen-bond donors (Lipinski definition) is 1. The number of carboxylic acid groups (broad SMARTS) is 1. The number of carbonyl (C=O) groups excluding carboxylic acids is 1. The van der Waals surface area contributed by atoms with E-state index < -0.39 is 23.1 Å². The zero-order valence-electron chi connectivity index (χ0n) is 19.4. The number of halogens is 3. The predicted molar refractivity (Wildman–Crippen MR) is 120 cm³/mol. The third-order valence-electron chi connectivity index (χ3n) is 6.07. The largest absolute Gasteiger partial charge is 0.494 e. The van der Waals surface area contributed by atoms with Crippen molar-refractivity contribution in [1.29, 1.82) is 0 Å². The van der Waals surface area contributed by atoms with Gasteiger partial charge in [0.05, 0.1) is 23.6 Å². The van der Waals surface area contributed by atoms with E-state index in [2.05, 4.69) is 0 Å². The number of rotatable bonds is 9. The van der Waals surface area contributed by atoms with Crippen molar-refractivity contribution in [1.82, 2.24) is 9.80 Å². The molecule has 34 heavy (non-hydrogen) atoms. The first-order chi connectivity index (χ1) is 15.9. The van der Waals surface area contributed by atoms with Gasteiger partial charge in [-0.15, -0.1) is 0 Å². The monoisotopic (exact) mass is 478 g/mol. The number of carbonyl (C=O) groups is 2. The molecule has 6 nitrogen and oxygen atoms in total. The Bertz CT molecular complexity index is 1000. The predicted octanol–water partition coefficient (Wildman–Crippen LogP) is 5.06. The number of ether oxygens (including phenoxy) is 1. The van der Waals surface area contributed by atoms with Crippen LogP contribution in [0.4, 0.5) is 18.0 Å². The molecule has 9 heteroatoms. The summed E-state index contributed by atoms with van der Waals surface area (Å²) in [6.07, 6.45) is -3.38. The van der Waals surface area contributed by atoms with Crippen LogP contribution in [0.15, 0.2) is 48.5 Å². The van der Waals surface area contributed by atoms with Crippen LogP contribution in [0.3, 0.4) is 0 Å². The third kappa shape index (κ3) is 6.21. The van der Waals surface area contributed by atoms with E-state index in [-0.39, 0.29) is 18.6 Å². The smallest absolute Gasteiger partial charge is 0.416 e. The van der Waals surface area contributed by atoms with Crippen LogP contribution in [-0.4, -0.2) is 53.1 Å². The molecule has 184 valence electrons. The van der Waals surface area contributed by atoms with Crippen LogP contribution in [0.5, 0.6) is 5.75 Å². The first kappa shape index (κ1) is 25.4. The van der Waals surface area contributed by atoms with Gasteiger partial charge < -0.3 is 19.6 Å². The molecule has 0 radical (unpaired) electrons. The lowest BCUT2D eigenvalue weighted by Crippen LogP contribution is -2.31. The SMILES string of the molecule is CN1C(=O)N(Cc2ccc(C(F)(F)F)cc2)CC1CCOc1ccc(CC(C)(C)C(=O)O)cc1. The standard InChI is InChI=1S/C25H29F3N2O4/c1-24(2,22(31)32)14-17-6-10-21(11-7-17)34-13-12-20-16-30(23(33)29(20)3)15-18-4-8-19(9-5-18)25(26,27)28/h4-11,20H,12-16H2,1-3H3,(H,31,32). The maximum absolute atomic E-state index is 12.7. The Labute approximate surface area is 196 Å². The van der Waals surface area contributed by atoms with Gasteiger partial charge in [0.1, 0.15) is 5.75 Å². The minimum Gasteiger partial charge on any atom is -0.494 e. The van der Waals surface area contributed by atoms with Gasteiger partial charge in [0, 0.05) is 26.6 Å². The highest BCUT2D eigenvalue weighted by Gasteiger charge is 2.35. The van der Waals surface area contributed by atoms with Gasteiger partial charge in [-0.3, -0.25) is 4.79 Å². The molecule has 1 fully saturated rings. The van der Waals surface area contributed by atoms with E-state index in [1.54, 1.807) is 42.8 Å². The van der Waals surface area contributed by atoms with Crippen LogP contribution in [0.2, 0.25) is 0 Å². The molecular formula is C25H29F3N2O4. The average molecular weight is 479 g/mol. The Balaban J connectivity index is 1.49. The van der Waals surface area contributed by atoms with Crippen LogP contribution in [-0.2, 0) is 23.9 Å². The molecule has 1 heterocycles. The second kappa shape index (κ2) is 9.95. The minimum absolute atomic E-state index is 0.0717. The topological polar surface area (TPSA) is 70.1 Å². The fourth-order valence-electron chi connectivity index (χ4n) is 3.87. The summed E-state index contributed by atoms with van der Waals surface area (Å²) in [6, 6.07) is 11.9. The van der Waals surface area contributed by atoms with E-state index in [1.165, 1.54) is 12.1 Å². The minimum atomic E-state index is -4.39. The van der Waals surface area contributed by atoms with Gasteiger partial charge in [-0.1, -0.05) is 24.3 Å². The number of urea groups is 1. The molecule has 3 rings (SSSR count). The first-order valence-electron chi connectivity index (χ1n) is 11.0. The van der Waals surface area contributed by atoms with Crippen LogP contribution >= 0.6 is 0 Å². The summed E-state index contributed by atoms with van der Waals surface area (Å²) < 4.78 is 44.0. The van der Waals surface area contributed by atoms with Crippen molar-refractivity contribution in [3.05, 3.63) is 65.2 Å². The van der Waals surface area contributed by atoms with Crippen LogP contribution < -0.4 is 4.74 Å². The zero-order chi connectivity index (χ0) is 25.1. The van der Waals surface area contributed by atoms with Gasteiger partial charge in [-0.25, -0.2) is 4.79 Å². The van der Waals surface area contributed by atoms with Crippen molar-refractivity contribution < 1.29 is 32.6 Å². The molecular weight excluding hydrogens is 449 g/mol. The Kier molecular flexibility index (Phi) is 7.43. The highest BCUT2D eigenvalue weighted by Crippen LogP contribution is 2.30. The van der Waals surface area contributed by atoms with Crippen molar-refractivity contribution >= 4 is 12.0 Å². The van der Waals surface area contributed by atoms with E-state index in [1.807, 2.05) is 12.1 Å². The molecule has 0 spiro atoms. The Morgan fingerprint density at radius 1 is 1.06 bits per heavy atom. The second-order valence-electron chi connectivity index (χ2n) is 9.27. The van der Waals surface area contributed by atoms with Crippen LogP contribution in [0, 0.1) is 5.41 Å². The summed E-state index contributed by atoms with van der Waals surface area (Å²) in [4.78, 5) is 27.1. The molecule has 1 aliphatic rings. The Morgan fingerprint density at radius 3 is 2.21 bits per heavy atom. The van der Waals surface area contributed by atoms with Crippen molar-refractivity contribution in [2.45, 2.75) is 45.5 Å². The van der Waals surface area contributed by atoms with E-state index in [0.29, 0.717) is 37.3 Å². The second-order valence-corrected chi connectivity index (χ2v) is 9.27. The van der Waals surface area contributed by atoms with E-state index in [4.69, 9.17) is 4.74 Å². The Morgan fingerprint density at radius 2 is 1.65 bits per heavy atom. The molecule has 1 aliphatic heterocycles. The number of likely N-dealkylation sites (N-methyl/N-ethyl adjacent to an activating group) is 1. The van der Waals surface area contributed by atoms with E-state index >= 15 is 0 Å². The summed E-state index contributed by atoms with van der Waals surface area (Å²) in [5.74, 6) is -0.194. The number of aliphatic carboxylic acids is 1. The van der Waals surface area contributed by atoms with Gasteiger partial charge in [0.2, 0.25) is 0 Å². The molecule has 1 atom stereocenters. The molecule has 2 aromatic carbocycles. The molecule has 1 unspecified atom stereocenters. The van der Waals surface area contributed by atoms with Crippen molar-refractivity contribution in [3.8, 4) is 5.75 Å². The molecule has 0 aromatic heterocycles. The summed E-state index contributed by atoms with van der Waals surface area (Å²) in [5, 5.41) is 9.26. The van der Waals surface area contributed by atoms with Gasteiger partial charge in [0.15, 0.2) is 0 Å². The molecule has 0 bridgehead atoms. The number of nitrogens with zero attached hydrogens (tertiary/aromatic N) is 2. The number of alkyl halides is 3. The van der Waals surface area contributed by atoms with Crippen molar-refractivity contribution in [2.75, 3.05) is 20.2 Å². The van der Waals surface area contributed by atoms with Gasteiger partial charge in [0.25, 0.3) is 0 Å². The quantitative estimate of drug-likeness (QED) is 0.547. The number of amides is 2. The lowest BCUT2D eigenvalue weighted by molar-refractivity contribution is -0.146. The molecule has 0 aliphatic carbocycles. The third-order valence-corrected chi connectivity index (χ3v) is 6.07. The first-order valence-corrected chi connectivity index (χ1v) is 11.0. The van der Waals surface area contributed by atoms with E-state index in [0.717, 1.165) is 17.7 Å². The summed E-state index contributed by atoms with van der Waals surface area (Å²) in [5.41, 5.74) is -0.0267. The van der Waals surface area contributed by atoms with Crippen molar-refractivity contribution in [2.24, 2.45) is 5.41 Å². The zero-order valence-corrected chi connectivity index (χ0v) is 19.4. The molecule has 0 saturated carbocycles. The van der Waals surface area contributed by atoms with Gasteiger partial charge >= 0.3 is 18.2 Å². The fraction of sp³-hybridized carbons (Fsp3) is 0.440. The average Bonchev–Trinajstić information content (AvgIpc) is 3.02. The molecule has 2 amide bonds. The number of hydrogen-bond acceptors (Lipinski definition) is 3. The van der Waals surface area contributed by atoms with Crippen LogP contribution in [0.25, 0.3) is 0 Å². The fourth-order valence-corrected chi connectivity index (χ4v) is 3.87. The van der Waals surface area contributed by atoms with E-state index in [9.17, 15) is 27.9 Å². The lowest BCUT2D eigenvalue weighted by Gasteiger charge is -2.19. The van der Waals surface area contributed by atoms with Gasteiger partial charge in [-0.2, -0.15) is 13.2 Å². The number of carboxylic acids is 1. The van der Waals surface area contributed by atoms with Crippen LogP contribution in [0.1, 0.15) is 37.0 Å². The molecule has 1 N–H and O–H groups in total. The van der Waals surface area contributed by atoms with Crippen molar-refractivity contribution in [3.63, 3.8) is 0 Å². The molecule has 2 aromatic rings. The Hall–Kier alpha value is -3.23. The summed E-state index contributed by atoms with van der Waals surface area (Å²) in [6.45, 7) is 4.45. The number of benzene rings is 2. The summed E-state index contributed by atoms with van der Waals surface area (Å²) >= 11 is 0. The highest BCUT2D eigenvalue weighted by molar-refractivity contribution is 5.77. The van der Waals surface area contributed by atoms with Gasteiger partial charge in [-0.05, 0) is 55.7 Å². The summed E-state index contributed by atoms with van der Waals surface area (Å²) in [7, 11) is 1.71.